The summed E-state index contributed by atoms with van der Waals surface area (Å²) < 4.78 is 0. The summed E-state index contributed by atoms with van der Waals surface area (Å²) in [6.07, 6.45) is 1.15. The van der Waals surface area contributed by atoms with Gasteiger partial charge in [0.25, 0.3) is 0 Å². The van der Waals surface area contributed by atoms with Crippen molar-refractivity contribution in [2.45, 2.75) is 73.1 Å². The second-order valence-corrected chi connectivity index (χ2v) is 7.69. The summed E-state index contributed by atoms with van der Waals surface area (Å²) >= 11 is 0. The normalized spacial score (nSPS) is 17.2. The van der Waals surface area contributed by atoms with Gasteiger partial charge in [-0.2, -0.15) is 5.26 Å². The summed E-state index contributed by atoms with van der Waals surface area (Å²) in [7, 11) is 0. The highest BCUT2D eigenvalue weighted by molar-refractivity contribution is 6.23. The van der Waals surface area contributed by atoms with Crippen LogP contribution in [-0.2, 0) is 16.1 Å². The van der Waals surface area contributed by atoms with Crippen LogP contribution in [0.5, 0.6) is 0 Å². The van der Waals surface area contributed by atoms with E-state index >= 15 is 0 Å². The van der Waals surface area contributed by atoms with Crippen molar-refractivity contribution in [2.75, 3.05) is 6.61 Å². The first kappa shape index (κ1) is 23.3. The first-order valence-corrected chi connectivity index (χ1v) is 10.3. The molecule has 0 radical (unpaired) electrons. The largest absolute Gasteiger partial charge is 0.511 e. The Bertz CT molecular complexity index is 980. The van der Waals surface area contributed by atoms with Gasteiger partial charge in [-0.1, -0.05) is 12.1 Å². The van der Waals surface area contributed by atoms with Crippen LogP contribution in [0.2, 0.25) is 0 Å². The molecule has 0 saturated carbocycles. The average molecular weight is 411 g/mol. The molecule has 0 heterocycles. The lowest BCUT2D eigenvalue weighted by Crippen LogP contribution is -2.25. The zero-order chi connectivity index (χ0) is 22.6. The minimum absolute atomic E-state index is 0.00198. The fourth-order valence-corrected chi connectivity index (χ4v) is 4.63. The van der Waals surface area contributed by atoms with Crippen LogP contribution in [0.4, 0.5) is 0 Å². The Hall–Kier alpha value is -2.94. The average Bonchev–Trinajstić information content (AvgIpc) is 2.67. The van der Waals surface area contributed by atoms with E-state index in [0.29, 0.717) is 24.3 Å². The fraction of sp³-hybridized carbons (Fsp3) is 0.500. The Balaban J connectivity index is 2.63. The Labute approximate surface area is 178 Å². The molecule has 6 heteroatoms. The number of hydrogen-bond acceptors (Lipinski definition) is 6. The summed E-state index contributed by atoms with van der Waals surface area (Å²) in [6, 6.07) is 2.18. The van der Waals surface area contributed by atoms with Gasteiger partial charge in [0.15, 0.2) is 11.6 Å². The Morgan fingerprint density at radius 1 is 1.20 bits per heavy atom. The van der Waals surface area contributed by atoms with Crippen molar-refractivity contribution >= 4 is 17.3 Å². The molecule has 0 spiro atoms. The molecule has 0 saturated heterocycles. The van der Waals surface area contributed by atoms with Crippen LogP contribution < -0.4 is 0 Å². The van der Waals surface area contributed by atoms with E-state index in [1.54, 1.807) is 6.92 Å². The van der Waals surface area contributed by atoms with Crippen LogP contribution in [0, 0.1) is 32.1 Å². The highest BCUT2D eigenvalue weighted by atomic mass is 16.6. The van der Waals surface area contributed by atoms with Gasteiger partial charge in [0.05, 0.1) is 23.8 Å². The first-order chi connectivity index (χ1) is 14.2. The maximum Gasteiger partial charge on any atom is 0.168 e. The van der Waals surface area contributed by atoms with Gasteiger partial charge >= 0.3 is 0 Å². The molecule has 1 aromatic carbocycles. The standard InChI is InChI=1S/C24H30N2O4/c1-7-19(26-30-8-2)24-20(28)11-17(12-21(24)29)23-14(4)18(9-10-25)13(3)22(15(23)5)16(6)27/h17,28H,7-9,11-12H2,1-6H3/b26-19-. The second kappa shape index (κ2) is 9.71. The van der Waals surface area contributed by atoms with Crippen LogP contribution in [0.1, 0.15) is 84.1 Å². The first-order valence-electron chi connectivity index (χ1n) is 10.3. The summed E-state index contributed by atoms with van der Waals surface area (Å²) in [5, 5.41) is 24.1. The topological polar surface area (TPSA) is 99.8 Å². The zero-order valence-corrected chi connectivity index (χ0v) is 18.7. The number of nitrogens with zero attached hydrogens (tertiary/aromatic N) is 2. The smallest absolute Gasteiger partial charge is 0.168 e. The SMILES string of the molecule is CCO/N=C(/CC)C1=C(O)CC(c2c(C)c(CC#N)c(C)c(C(C)=O)c2C)CC1=O. The van der Waals surface area contributed by atoms with Crippen molar-refractivity contribution in [1.29, 1.82) is 5.26 Å². The second-order valence-electron chi connectivity index (χ2n) is 7.69. The number of rotatable bonds is 7. The van der Waals surface area contributed by atoms with Crippen LogP contribution in [0.15, 0.2) is 16.5 Å². The maximum atomic E-state index is 13.0. The molecule has 2 rings (SSSR count). The number of nitriles is 1. The number of hydrogen-bond donors (Lipinski definition) is 1. The third kappa shape index (κ3) is 4.30. The van der Waals surface area contributed by atoms with E-state index in [0.717, 1.165) is 27.8 Å². The van der Waals surface area contributed by atoms with E-state index < -0.39 is 0 Å². The zero-order valence-electron chi connectivity index (χ0n) is 18.7. The Kier molecular flexibility index (Phi) is 7.55. The molecular formula is C24H30N2O4. The molecule has 1 aliphatic rings. The van der Waals surface area contributed by atoms with Crippen molar-refractivity contribution in [3.8, 4) is 6.07 Å². The minimum atomic E-state index is -0.261. The Morgan fingerprint density at radius 3 is 2.37 bits per heavy atom. The number of allylic oxidation sites excluding steroid dienone is 2. The predicted molar refractivity (Wildman–Crippen MR) is 116 cm³/mol. The van der Waals surface area contributed by atoms with Gasteiger partial charge in [-0.15, -0.1) is 0 Å². The van der Waals surface area contributed by atoms with Crippen molar-refractivity contribution in [1.82, 2.24) is 0 Å². The van der Waals surface area contributed by atoms with Gasteiger partial charge in [-0.3, -0.25) is 9.59 Å². The Morgan fingerprint density at radius 2 is 1.87 bits per heavy atom. The lowest BCUT2D eigenvalue weighted by Gasteiger charge is -2.29. The summed E-state index contributed by atoms with van der Waals surface area (Å²) in [4.78, 5) is 30.5. The number of Topliss-reactive ketones (excluding diaryl/α,β-unsaturated/α-hetero) is 2. The lowest BCUT2D eigenvalue weighted by atomic mass is 9.74. The summed E-state index contributed by atoms with van der Waals surface area (Å²) in [6.45, 7) is 11.2. The molecule has 6 nitrogen and oxygen atoms in total. The summed E-state index contributed by atoms with van der Waals surface area (Å²) in [5.74, 6) is -0.510. The molecule has 1 aromatic rings. The molecule has 1 unspecified atom stereocenters. The highest BCUT2D eigenvalue weighted by Crippen LogP contribution is 2.40. The van der Waals surface area contributed by atoms with Gasteiger partial charge < -0.3 is 9.94 Å². The monoisotopic (exact) mass is 410 g/mol. The number of oxime groups is 1. The number of ketones is 2. The number of aliphatic hydroxyl groups is 1. The quantitative estimate of drug-likeness (QED) is 0.390. The van der Waals surface area contributed by atoms with E-state index in [1.165, 1.54) is 6.92 Å². The van der Waals surface area contributed by atoms with Crippen LogP contribution in [-0.4, -0.2) is 29.0 Å². The fourth-order valence-electron chi connectivity index (χ4n) is 4.63. The van der Waals surface area contributed by atoms with Crippen molar-refractivity contribution in [3.05, 3.63) is 44.7 Å². The molecule has 0 amide bonds. The molecule has 1 aliphatic carbocycles. The van der Waals surface area contributed by atoms with E-state index in [4.69, 9.17) is 4.84 Å². The molecule has 0 bridgehead atoms. The summed E-state index contributed by atoms with van der Waals surface area (Å²) in [5.41, 5.74) is 5.58. The lowest BCUT2D eigenvalue weighted by molar-refractivity contribution is -0.116. The molecular weight excluding hydrogens is 380 g/mol. The molecule has 0 aliphatic heterocycles. The van der Waals surface area contributed by atoms with Crippen molar-refractivity contribution < 1.29 is 19.5 Å². The third-order valence-corrected chi connectivity index (χ3v) is 5.85. The van der Waals surface area contributed by atoms with Gasteiger partial charge in [0, 0.05) is 18.4 Å². The van der Waals surface area contributed by atoms with Gasteiger partial charge in [-0.25, -0.2) is 0 Å². The van der Waals surface area contributed by atoms with Crippen molar-refractivity contribution in [3.63, 3.8) is 0 Å². The van der Waals surface area contributed by atoms with Gasteiger partial charge in [0.2, 0.25) is 0 Å². The highest BCUT2D eigenvalue weighted by Gasteiger charge is 2.34. The van der Waals surface area contributed by atoms with E-state index in [9.17, 15) is 20.0 Å². The van der Waals surface area contributed by atoms with Gasteiger partial charge in [0.1, 0.15) is 12.4 Å². The van der Waals surface area contributed by atoms with E-state index in [2.05, 4.69) is 11.2 Å². The molecule has 0 fully saturated rings. The van der Waals surface area contributed by atoms with E-state index in [1.807, 2.05) is 27.7 Å². The number of aliphatic hydroxyl groups excluding tert-OH is 1. The predicted octanol–water partition coefficient (Wildman–Crippen LogP) is 4.94. The number of benzene rings is 1. The molecule has 30 heavy (non-hydrogen) atoms. The van der Waals surface area contributed by atoms with Crippen LogP contribution >= 0.6 is 0 Å². The molecule has 160 valence electrons. The third-order valence-electron chi connectivity index (χ3n) is 5.85. The molecule has 1 atom stereocenters. The molecule has 1 N–H and O–H groups in total. The maximum absolute atomic E-state index is 13.0. The minimum Gasteiger partial charge on any atom is -0.511 e. The van der Waals surface area contributed by atoms with Crippen LogP contribution in [0.25, 0.3) is 0 Å². The van der Waals surface area contributed by atoms with Crippen LogP contribution in [0.3, 0.4) is 0 Å². The van der Waals surface area contributed by atoms with Gasteiger partial charge in [-0.05, 0) is 74.8 Å². The van der Waals surface area contributed by atoms with E-state index in [-0.39, 0.29) is 48.1 Å². The van der Waals surface area contributed by atoms with Crippen molar-refractivity contribution in [2.24, 2.45) is 5.16 Å². The number of carbonyl (C=O) groups excluding carboxylic acids is 2. The molecule has 0 aromatic heterocycles. The number of carbonyl (C=O) groups is 2.